The zero-order chi connectivity index (χ0) is 14.8. The van der Waals surface area contributed by atoms with Crippen LogP contribution in [0.15, 0.2) is 30.5 Å². The van der Waals surface area contributed by atoms with Crippen LogP contribution >= 0.6 is 11.3 Å². The van der Waals surface area contributed by atoms with Crippen molar-refractivity contribution < 1.29 is 9.18 Å². The number of halogens is 1. The lowest BCUT2D eigenvalue weighted by molar-refractivity contribution is 0.0950. The number of hydrogen-bond acceptors (Lipinski definition) is 4. The molecule has 3 rings (SSSR count). The molecule has 108 valence electrons. The van der Waals surface area contributed by atoms with Gasteiger partial charge in [-0.05, 0) is 19.1 Å². The summed E-state index contributed by atoms with van der Waals surface area (Å²) in [4.78, 5) is 17.1. The lowest BCUT2D eigenvalue weighted by Gasteiger charge is -2.04. The average molecular weight is 304 g/mol. The number of fused-ring (bicyclic) bond motifs is 1. The molecular formula is C14H13FN4OS. The number of rotatable bonds is 4. The van der Waals surface area contributed by atoms with Gasteiger partial charge in [-0.15, -0.1) is 0 Å². The molecule has 0 aliphatic carbocycles. The first-order valence-corrected chi connectivity index (χ1v) is 7.29. The highest BCUT2D eigenvalue weighted by molar-refractivity contribution is 7.16. The van der Waals surface area contributed by atoms with Crippen LogP contribution in [-0.2, 0) is 6.42 Å². The summed E-state index contributed by atoms with van der Waals surface area (Å²) < 4.78 is 15.2. The minimum absolute atomic E-state index is 0.0561. The fourth-order valence-electron chi connectivity index (χ4n) is 2.01. The Hall–Kier alpha value is -2.28. The maximum absolute atomic E-state index is 13.4. The molecule has 1 N–H and O–H groups in total. The zero-order valence-electron chi connectivity index (χ0n) is 11.3. The van der Waals surface area contributed by atoms with E-state index in [1.807, 2.05) is 13.1 Å². The van der Waals surface area contributed by atoms with Crippen molar-refractivity contribution in [1.29, 1.82) is 0 Å². The molecule has 0 radical (unpaired) electrons. The second-order valence-electron chi connectivity index (χ2n) is 4.57. The molecular weight excluding hydrogens is 291 g/mol. The van der Waals surface area contributed by atoms with Gasteiger partial charge in [0.25, 0.3) is 5.91 Å². The monoisotopic (exact) mass is 304 g/mol. The molecule has 0 fully saturated rings. The standard InChI is InChI=1S/C14H13FN4OS/c1-9-18-19-8-10(17-14(19)21-9)6-7-16-13(20)11-4-2-3-5-12(11)15/h2-5,8H,6-7H2,1H3,(H,16,20). The first-order chi connectivity index (χ1) is 10.1. The van der Waals surface area contributed by atoms with Gasteiger partial charge in [0.05, 0.1) is 17.5 Å². The van der Waals surface area contributed by atoms with E-state index < -0.39 is 11.7 Å². The van der Waals surface area contributed by atoms with Gasteiger partial charge in [-0.25, -0.2) is 13.9 Å². The van der Waals surface area contributed by atoms with Crippen molar-refractivity contribution in [2.75, 3.05) is 6.54 Å². The molecule has 21 heavy (non-hydrogen) atoms. The maximum atomic E-state index is 13.4. The van der Waals surface area contributed by atoms with Crippen LogP contribution in [0.2, 0.25) is 0 Å². The van der Waals surface area contributed by atoms with E-state index in [2.05, 4.69) is 15.4 Å². The Morgan fingerprint density at radius 1 is 1.43 bits per heavy atom. The Balaban J connectivity index is 1.59. The van der Waals surface area contributed by atoms with Gasteiger partial charge in [-0.2, -0.15) is 5.10 Å². The maximum Gasteiger partial charge on any atom is 0.254 e. The number of nitrogens with zero attached hydrogens (tertiary/aromatic N) is 3. The molecule has 0 spiro atoms. The summed E-state index contributed by atoms with van der Waals surface area (Å²) in [6.07, 6.45) is 2.42. The van der Waals surface area contributed by atoms with E-state index in [9.17, 15) is 9.18 Å². The number of aromatic nitrogens is 3. The van der Waals surface area contributed by atoms with Gasteiger partial charge in [0.15, 0.2) is 0 Å². The number of imidazole rings is 1. The lowest BCUT2D eigenvalue weighted by atomic mass is 10.2. The van der Waals surface area contributed by atoms with Crippen molar-refractivity contribution >= 4 is 22.2 Å². The van der Waals surface area contributed by atoms with E-state index in [4.69, 9.17) is 0 Å². The largest absolute Gasteiger partial charge is 0.352 e. The second-order valence-corrected chi connectivity index (χ2v) is 5.73. The fraction of sp³-hybridized carbons (Fsp3) is 0.214. The van der Waals surface area contributed by atoms with Crippen LogP contribution in [0, 0.1) is 12.7 Å². The van der Waals surface area contributed by atoms with E-state index in [1.54, 1.807) is 16.6 Å². The van der Waals surface area contributed by atoms with Gasteiger partial charge in [0.1, 0.15) is 10.8 Å². The topological polar surface area (TPSA) is 59.3 Å². The normalized spacial score (nSPS) is 11.0. The Kier molecular flexibility index (Phi) is 3.66. The number of carbonyl (C=O) groups is 1. The summed E-state index contributed by atoms with van der Waals surface area (Å²) >= 11 is 1.52. The van der Waals surface area contributed by atoms with E-state index >= 15 is 0 Å². The van der Waals surface area contributed by atoms with Crippen molar-refractivity contribution in [1.82, 2.24) is 19.9 Å². The number of benzene rings is 1. The molecule has 2 aromatic heterocycles. The van der Waals surface area contributed by atoms with E-state index in [-0.39, 0.29) is 5.56 Å². The molecule has 7 heteroatoms. The second kappa shape index (κ2) is 5.61. The third kappa shape index (κ3) is 2.92. The van der Waals surface area contributed by atoms with Crippen molar-refractivity contribution in [3.8, 4) is 0 Å². The smallest absolute Gasteiger partial charge is 0.254 e. The SMILES string of the molecule is Cc1nn2cc(CCNC(=O)c3ccccc3F)nc2s1. The molecule has 0 aliphatic rings. The molecule has 1 amide bonds. The Morgan fingerprint density at radius 3 is 3.00 bits per heavy atom. The summed E-state index contributed by atoms with van der Waals surface area (Å²) in [5.41, 5.74) is 0.906. The van der Waals surface area contributed by atoms with Crippen LogP contribution in [0.4, 0.5) is 4.39 Å². The highest BCUT2D eigenvalue weighted by atomic mass is 32.1. The predicted molar refractivity (Wildman–Crippen MR) is 78.0 cm³/mol. The summed E-state index contributed by atoms with van der Waals surface area (Å²) in [5.74, 6) is -0.930. The summed E-state index contributed by atoms with van der Waals surface area (Å²) in [6, 6.07) is 5.92. The van der Waals surface area contributed by atoms with Crippen LogP contribution in [0.5, 0.6) is 0 Å². The molecule has 2 heterocycles. The Morgan fingerprint density at radius 2 is 2.24 bits per heavy atom. The molecule has 0 saturated heterocycles. The zero-order valence-corrected chi connectivity index (χ0v) is 12.2. The minimum Gasteiger partial charge on any atom is -0.352 e. The summed E-state index contributed by atoms with van der Waals surface area (Å²) in [5, 5.41) is 7.92. The van der Waals surface area contributed by atoms with Gasteiger partial charge in [0.2, 0.25) is 4.96 Å². The highest BCUT2D eigenvalue weighted by Gasteiger charge is 2.11. The molecule has 1 aromatic carbocycles. The summed E-state index contributed by atoms with van der Waals surface area (Å²) in [6.45, 7) is 2.32. The van der Waals surface area contributed by atoms with Crippen LogP contribution < -0.4 is 5.32 Å². The predicted octanol–water partition coefficient (Wildman–Crippen LogP) is 2.21. The Bertz CT molecular complexity index is 764. The van der Waals surface area contributed by atoms with Gasteiger partial charge in [-0.1, -0.05) is 23.5 Å². The first kappa shape index (κ1) is 13.7. The average Bonchev–Trinajstić information content (AvgIpc) is 2.95. The molecule has 5 nitrogen and oxygen atoms in total. The third-order valence-electron chi connectivity index (χ3n) is 2.98. The number of hydrogen-bond donors (Lipinski definition) is 1. The van der Waals surface area contributed by atoms with Crippen LogP contribution in [0.3, 0.4) is 0 Å². The fourth-order valence-corrected chi connectivity index (χ4v) is 2.75. The van der Waals surface area contributed by atoms with Gasteiger partial charge < -0.3 is 5.32 Å². The van der Waals surface area contributed by atoms with Crippen LogP contribution in [-0.4, -0.2) is 27.0 Å². The van der Waals surface area contributed by atoms with E-state index in [1.165, 1.54) is 23.5 Å². The summed E-state index contributed by atoms with van der Waals surface area (Å²) in [7, 11) is 0. The van der Waals surface area contributed by atoms with Crippen molar-refractivity contribution in [2.45, 2.75) is 13.3 Å². The van der Waals surface area contributed by atoms with Gasteiger partial charge in [-0.3, -0.25) is 4.79 Å². The van der Waals surface area contributed by atoms with E-state index in [0.29, 0.717) is 13.0 Å². The highest BCUT2D eigenvalue weighted by Crippen LogP contribution is 2.13. The Labute approximate surface area is 124 Å². The number of nitrogens with one attached hydrogen (secondary N) is 1. The lowest BCUT2D eigenvalue weighted by Crippen LogP contribution is -2.26. The number of carbonyl (C=O) groups excluding carboxylic acids is 1. The molecule has 0 aliphatic heterocycles. The van der Waals surface area contributed by atoms with Crippen LogP contribution in [0.25, 0.3) is 4.96 Å². The third-order valence-corrected chi connectivity index (χ3v) is 3.82. The van der Waals surface area contributed by atoms with Crippen molar-refractivity contribution in [2.24, 2.45) is 0 Å². The van der Waals surface area contributed by atoms with Crippen molar-refractivity contribution in [3.63, 3.8) is 0 Å². The van der Waals surface area contributed by atoms with Gasteiger partial charge >= 0.3 is 0 Å². The quantitative estimate of drug-likeness (QED) is 0.804. The first-order valence-electron chi connectivity index (χ1n) is 6.48. The molecule has 0 saturated carbocycles. The molecule has 0 unspecified atom stereocenters. The molecule has 0 atom stereocenters. The van der Waals surface area contributed by atoms with E-state index in [0.717, 1.165) is 15.7 Å². The van der Waals surface area contributed by atoms with Crippen LogP contribution in [0.1, 0.15) is 21.1 Å². The van der Waals surface area contributed by atoms with Crippen molar-refractivity contribution in [3.05, 3.63) is 52.5 Å². The molecule has 3 aromatic rings. The number of aryl methyl sites for hydroxylation is 1. The minimum atomic E-state index is -0.516. The number of amides is 1. The van der Waals surface area contributed by atoms with Gasteiger partial charge in [0, 0.05) is 13.0 Å². The molecule has 0 bridgehead atoms.